The fourth-order valence-corrected chi connectivity index (χ4v) is 2.07. The maximum absolute atomic E-state index is 11.7. The number of hydrogen-bond donors (Lipinski definition) is 2. The van der Waals surface area contributed by atoms with Crippen LogP contribution >= 0.6 is 0 Å². The lowest BCUT2D eigenvalue weighted by Gasteiger charge is -2.26. The number of ether oxygens (including phenoxy) is 1. The summed E-state index contributed by atoms with van der Waals surface area (Å²) < 4.78 is 5.26. The summed E-state index contributed by atoms with van der Waals surface area (Å²) >= 11 is 0. The quantitative estimate of drug-likeness (QED) is 0.807. The number of nitrogens with one attached hydrogen (secondary N) is 1. The molecule has 19 heavy (non-hydrogen) atoms. The third-order valence-corrected chi connectivity index (χ3v) is 3.20. The first-order valence-corrected chi connectivity index (χ1v) is 6.59. The highest BCUT2D eigenvalue weighted by atomic mass is 16.5. The molecule has 1 aromatic rings. The second kappa shape index (κ2) is 7.11. The van der Waals surface area contributed by atoms with Gasteiger partial charge in [-0.15, -0.1) is 0 Å². The molecule has 0 aromatic heterocycles. The Balaban J connectivity index is 1.68. The molecule has 1 saturated heterocycles. The summed E-state index contributed by atoms with van der Waals surface area (Å²) in [6.07, 6.45) is 0.218. The van der Waals surface area contributed by atoms with Gasteiger partial charge < -0.3 is 15.2 Å². The minimum absolute atomic E-state index is 0.0604. The number of carbonyl (C=O) groups is 1. The molecule has 1 heterocycles. The number of para-hydroxylation sites is 1. The van der Waals surface area contributed by atoms with E-state index >= 15 is 0 Å². The Morgan fingerprint density at radius 3 is 2.79 bits per heavy atom. The summed E-state index contributed by atoms with van der Waals surface area (Å²) in [4.78, 5) is 14.0. The van der Waals surface area contributed by atoms with Gasteiger partial charge in [0.2, 0.25) is 5.91 Å². The van der Waals surface area contributed by atoms with Crippen molar-refractivity contribution >= 4 is 5.91 Å². The molecule has 1 aliphatic rings. The zero-order valence-electron chi connectivity index (χ0n) is 11.0. The van der Waals surface area contributed by atoms with Crippen molar-refractivity contribution < 1.29 is 14.6 Å². The van der Waals surface area contributed by atoms with Gasteiger partial charge in [0.05, 0.1) is 19.6 Å². The molecule has 1 fully saturated rings. The van der Waals surface area contributed by atoms with E-state index in [4.69, 9.17) is 4.74 Å². The van der Waals surface area contributed by atoms with Crippen LogP contribution in [0.3, 0.4) is 0 Å². The molecule has 5 heteroatoms. The molecule has 0 saturated carbocycles. The van der Waals surface area contributed by atoms with Crippen LogP contribution in [0.25, 0.3) is 0 Å². The number of nitrogens with zero attached hydrogens (tertiary/aromatic N) is 1. The molecule has 1 aliphatic heterocycles. The summed E-state index contributed by atoms with van der Waals surface area (Å²) in [5, 5.41) is 12.5. The largest absolute Gasteiger partial charge is 0.508 e. The first kappa shape index (κ1) is 13.8. The fraction of sp³-hybridized carbons (Fsp3) is 0.500. The van der Waals surface area contributed by atoms with Crippen molar-refractivity contribution in [3.63, 3.8) is 0 Å². The Labute approximate surface area is 113 Å². The minimum atomic E-state index is -0.0604. The fourth-order valence-electron chi connectivity index (χ4n) is 2.07. The smallest absolute Gasteiger partial charge is 0.224 e. The van der Waals surface area contributed by atoms with Gasteiger partial charge in [-0.05, 0) is 6.07 Å². The van der Waals surface area contributed by atoms with Crippen molar-refractivity contribution in [3.8, 4) is 5.75 Å². The van der Waals surface area contributed by atoms with Crippen LogP contribution in [0.5, 0.6) is 5.75 Å². The van der Waals surface area contributed by atoms with Gasteiger partial charge in [-0.2, -0.15) is 0 Å². The van der Waals surface area contributed by atoms with E-state index in [1.165, 1.54) is 0 Å². The van der Waals surface area contributed by atoms with E-state index in [0.717, 1.165) is 32.8 Å². The number of rotatable bonds is 5. The number of morpholine rings is 1. The maximum Gasteiger partial charge on any atom is 0.224 e. The topological polar surface area (TPSA) is 61.8 Å². The monoisotopic (exact) mass is 264 g/mol. The molecule has 0 atom stereocenters. The number of phenolic OH excluding ortho intramolecular Hbond substituents is 1. The van der Waals surface area contributed by atoms with Crippen molar-refractivity contribution in [1.82, 2.24) is 10.2 Å². The molecule has 2 rings (SSSR count). The van der Waals surface area contributed by atoms with Gasteiger partial charge in [0.15, 0.2) is 0 Å². The van der Waals surface area contributed by atoms with Crippen molar-refractivity contribution in [1.29, 1.82) is 0 Å². The Morgan fingerprint density at radius 2 is 2.05 bits per heavy atom. The lowest BCUT2D eigenvalue weighted by Crippen LogP contribution is -2.41. The van der Waals surface area contributed by atoms with Gasteiger partial charge in [0.25, 0.3) is 0 Å². The van der Waals surface area contributed by atoms with Crippen LogP contribution in [-0.4, -0.2) is 55.3 Å². The second-order valence-electron chi connectivity index (χ2n) is 4.61. The summed E-state index contributed by atoms with van der Waals surface area (Å²) in [7, 11) is 0. The van der Waals surface area contributed by atoms with E-state index in [-0.39, 0.29) is 18.1 Å². The molecule has 1 aromatic carbocycles. The molecule has 0 aliphatic carbocycles. The van der Waals surface area contributed by atoms with Crippen LogP contribution < -0.4 is 5.32 Å². The Bertz CT molecular complexity index is 417. The standard InChI is InChI=1S/C14H20N2O3/c17-13-4-2-1-3-12(13)11-14(18)15-5-6-16-7-9-19-10-8-16/h1-4,17H,5-11H2,(H,15,18). The Hall–Kier alpha value is -1.59. The zero-order valence-corrected chi connectivity index (χ0v) is 11.0. The third-order valence-electron chi connectivity index (χ3n) is 3.20. The predicted octanol–water partition coefficient (Wildman–Crippen LogP) is 0.383. The van der Waals surface area contributed by atoms with Crippen LogP contribution in [0, 0.1) is 0 Å². The van der Waals surface area contributed by atoms with E-state index in [9.17, 15) is 9.90 Å². The average molecular weight is 264 g/mol. The molecular weight excluding hydrogens is 244 g/mol. The van der Waals surface area contributed by atoms with E-state index < -0.39 is 0 Å². The molecule has 0 unspecified atom stereocenters. The van der Waals surface area contributed by atoms with E-state index in [1.807, 2.05) is 6.07 Å². The van der Waals surface area contributed by atoms with Crippen LogP contribution in [0.1, 0.15) is 5.56 Å². The molecule has 2 N–H and O–H groups in total. The van der Waals surface area contributed by atoms with Gasteiger partial charge in [-0.1, -0.05) is 18.2 Å². The van der Waals surface area contributed by atoms with Crippen molar-refractivity contribution in [2.24, 2.45) is 0 Å². The lowest BCUT2D eigenvalue weighted by molar-refractivity contribution is -0.120. The van der Waals surface area contributed by atoms with Crippen molar-refractivity contribution in [2.45, 2.75) is 6.42 Å². The molecule has 5 nitrogen and oxygen atoms in total. The van der Waals surface area contributed by atoms with E-state index in [2.05, 4.69) is 10.2 Å². The average Bonchev–Trinajstić information content (AvgIpc) is 2.43. The number of aromatic hydroxyl groups is 1. The maximum atomic E-state index is 11.7. The molecule has 0 radical (unpaired) electrons. The van der Waals surface area contributed by atoms with Crippen LogP contribution in [0.2, 0.25) is 0 Å². The van der Waals surface area contributed by atoms with E-state index in [1.54, 1.807) is 18.2 Å². The third kappa shape index (κ3) is 4.54. The van der Waals surface area contributed by atoms with Crippen molar-refractivity contribution in [3.05, 3.63) is 29.8 Å². The Kier molecular flexibility index (Phi) is 5.18. The van der Waals surface area contributed by atoms with Gasteiger partial charge in [0.1, 0.15) is 5.75 Å². The molecule has 0 spiro atoms. The van der Waals surface area contributed by atoms with Gasteiger partial charge in [0, 0.05) is 31.7 Å². The molecule has 104 valence electrons. The minimum Gasteiger partial charge on any atom is -0.508 e. The SMILES string of the molecule is O=C(Cc1ccccc1O)NCCN1CCOCC1. The van der Waals surface area contributed by atoms with Gasteiger partial charge in [-0.25, -0.2) is 0 Å². The molecule has 0 bridgehead atoms. The normalized spacial score (nSPS) is 16.2. The van der Waals surface area contributed by atoms with Crippen molar-refractivity contribution in [2.75, 3.05) is 39.4 Å². The number of phenols is 1. The number of carbonyl (C=O) groups excluding carboxylic acids is 1. The Morgan fingerprint density at radius 1 is 1.32 bits per heavy atom. The predicted molar refractivity (Wildman–Crippen MR) is 72.1 cm³/mol. The highest BCUT2D eigenvalue weighted by Crippen LogP contribution is 2.15. The van der Waals surface area contributed by atoms with E-state index in [0.29, 0.717) is 12.1 Å². The zero-order chi connectivity index (χ0) is 13.5. The lowest BCUT2D eigenvalue weighted by atomic mass is 10.1. The van der Waals surface area contributed by atoms with Gasteiger partial charge >= 0.3 is 0 Å². The summed E-state index contributed by atoms with van der Waals surface area (Å²) in [5.41, 5.74) is 0.659. The highest BCUT2D eigenvalue weighted by Gasteiger charge is 2.11. The first-order valence-electron chi connectivity index (χ1n) is 6.59. The summed E-state index contributed by atoms with van der Waals surface area (Å²) in [6.45, 7) is 4.87. The molecular formula is C14H20N2O3. The molecule has 1 amide bonds. The second-order valence-corrected chi connectivity index (χ2v) is 4.61. The van der Waals surface area contributed by atoms with Crippen LogP contribution in [0.4, 0.5) is 0 Å². The number of amides is 1. The van der Waals surface area contributed by atoms with Gasteiger partial charge in [-0.3, -0.25) is 9.69 Å². The number of hydrogen-bond acceptors (Lipinski definition) is 4. The first-order chi connectivity index (χ1) is 9.25. The van der Waals surface area contributed by atoms with Crippen LogP contribution in [-0.2, 0) is 16.0 Å². The van der Waals surface area contributed by atoms with Crippen LogP contribution in [0.15, 0.2) is 24.3 Å². The number of benzene rings is 1. The summed E-state index contributed by atoms with van der Waals surface area (Å²) in [5.74, 6) is 0.112. The summed E-state index contributed by atoms with van der Waals surface area (Å²) in [6, 6.07) is 6.92. The highest BCUT2D eigenvalue weighted by molar-refractivity contribution is 5.79.